The number of hydrogen-bond donors (Lipinski definition) is 0. The second kappa shape index (κ2) is 3.24. The fraction of sp³-hybridized carbons (Fsp3) is 0.500. The molecular formula is C6H9O2. The summed E-state index contributed by atoms with van der Waals surface area (Å²) in [5.74, 6) is -0.472. The molecule has 0 aromatic carbocycles. The van der Waals surface area contributed by atoms with Crippen molar-refractivity contribution in [1.29, 1.82) is 0 Å². The Hall–Kier alpha value is -0.790. The van der Waals surface area contributed by atoms with Crippen LogP contribution in [0.25, 0.3) is 0 Å². The average Bonchev–Trinajstić information content (AvgIpc) is 1.65. The molecule has 0 aliphatic rings. The number of hydrogen-bond acceptors (Lipinski definition) is 2. The summed E-state index contributed by atoms with van der Waals surface area (Å²) >= 11 is 0. The molecule has 0 aliphatic heterocycles. The molecule has 0 bridgehead atoms. The zero-order valence-corrected chi connectivity index (χ0v) is 5.05. The highest BCUT2D eigenvalue weighted by molar-refractivity contribution is 5.80. The van der Waals surface area contributed by atoms with Gasteiger partial charge in [0.05, 0.1) is 6.10 Å². The third-order valence-electron chi connectivity index (χ3n) is 0.488. The zero-order chi connectivity index (χ0) is 6.57. The smallest absolute Gasteiger partial charge is 0.330 e. The lowest BCUT2D eigenvalue weighted by molar-refractivity contribution is -0.141. The number of carbonyl (C=O) groups is 1. The van der Waals surface area contributed by atoms with Gasteiger partial charge in [0.2, 0.25) is 0 Å². The standard InChI is InChI=1S/C6H9O2/c1-4-6(7)8-5(2)3/h1,4-5H,2-3H3. The summed E-state index contributed by atoms with van der Waals surface area (Å²) in [5, 5.41) is 0. The summed E-state index contributed by atoms with van der Waals surface area (Å²) in [6.07, 6.45) is 0.822. The van der Waals surface area contributed by atoms with E-state index in [0.717, 1.165) is 6.08 Å². The van der Waals surface area contributed by atoms with Crippen molar-refractivity contribution in [3.8, 4) is 0 Å². The van der Waals surface area contributed by atoms with Gasteiger partial charge in [0.1, 0.15) is 0 Å². The molecule has 0 heterocycles. The summed E-state index contributed by atoms with van der Waals surface area (Å²) in [7, 11) is 0. The minimum atomic E-state index is -0.472. The Labute approximate surface area is 49.1 Å². The van der Waals surface area contributed by atoms with Crippen molar-refractivity contribution >= 4 is 5.97 Å². The Morgan fingerprint density at radius 1 is 1.75 bits per heavy atom. The SMILES string of the molecule is [CH]=CC(=O)OC(C)C. The number of rotatable bonds is 2. The molecule has 0 aromatic heterocycles. The zero-order valence-electron chi connectivity index (χ0n) is 5.05. The molecule has 0 aliphatic carbocycles. The van der Waals surface area contributed by atoms with Crippen molar-refractivity contribution in [2.24, 2.45) is 0 Å². The molecule has 8 heavy (non-hydrogen) atoms. The average molecular weight is 113 g/mol. The summed E-state index contributed by atoms with van der Waals surface area (Å²) in [4.78, 5) is 10.2. The van der Waals surface area contributed by atoms with Gasteiger partial charge >= 0.3 is 5.97 Å². The second-order valence-corrected chi connectivity index (χ2v) is 1.65. The number of ether oxygens (including phenoxy) is 1. The third-order valence-corrected chi connectivity index (χ3v) is 0.488. The van der Waals surface area contributed by atoms with E-state index in [-0.39, 0.29) is 6.10 Å². The monoisotopic (exact) mass is 113 g/mol. The first-order chi connectivity index (χ1) is 3.66. The molecule has 0 saturated carbocycles. The van der Waals surface area contributed by atoms with Crippen LogP contribution >= 0.6 is 0 Å². The first kappa shape index (κ1) is 7.21. The molecular weight excluding hydrogens is 104 g/mol. The molecule has 0 atom stereocenters. The number of esters is 1. The van der Waals surface area contributed by atoms with Crippen LogP contribution in [0.2, 0.25) is 0 Å². The molecule has 0 rings (SSSR count). The van der Waals surface area contributed by atoms with Gasteiger partial charge in [0.25, 0.3) is 0 Å². The van der Waals surface area contributed by atoms with Gasteiger partial charge in [0, 0.05) is 6.08 Å². The highest BCUT2D eigenvalue weighted by Gasteiger charge is 1.96. The van der Waals surface area contributed by atoms with Gasteiger partial charge in [-0.25, -0.2) is 4.79 Å². The molecule has 0 N–H and O–H groups in total. The predicted octanol–water partition coefficient (Wildman–Crippen LogP) is 0.927. The molecule has 0 fully saturated rings. The van der Waals surface area contributed by atoms with Gasteiger partial charge in [-0.2, -0.15) is 0 Å². The quantitative estimate of drug-likeness (QED) is 0.393. The molecule has 2 heteroatoms. The van der Waals surface area contributed by atoms with Crippen LogP contribution in [0.4, 0.5) is 0 Å². The van der Waals surface area contributed by atoms with Crippen LogP contribution in [0.1, 0.15) is 13.8 Å². The molecule has 0 spiro atoms. The van der Waals surface area contributed by atoms with Crippen LogP contribution < -0.4 is 0 Å². The maximum absolute atomic E-state index is 10.2. The van der Waals surface area contributed by atoms with E-state index in [2.05, 4.69) is 4.74 Å². The van der Waals surface area contributed by atoms with Crippen LogP contribution in [-0.4, -0.2) is 12.1 Å². The first-order valence-corrected chi connectivity index (χ1v) is 2.42. The second-order valence-electron chi connectivity index (χ2n) is 1.65. The lowest BCUT2D eigenvalue weighted by Gasteiger charge is -2.02. The Kier molecular flexibility index (Phi) is 2.92. The fourth-order valence-corrected chi connectivity index (χ4v) is 0.272. The maximum Gasteiger partial charge on any atom is 0.330 e. The van der Waals surface area contributed by atoms with Crippen LogP contribution in [0.5, 0.6) is 0 Å². The highest BCUT2D eigenvalue weighted by Crippen LogP contribution is 1.87. The Bertz CT molecular complexity index is 94.7. The normalized spacial score (nSPS) is 8.88. The molecule has 2 nitrogen and oxygen atoms in total. The van der Waals surface area contributed by atoms with Gasteiger partial charge in [-0.3, -0.25) is 0 Å². The van der Waals surface area contributed by atoms with Crippen molar-refractivity contribution in [3.05, 3.63) is 12.7 Å². The summed E-state index contributed by atoms with van der Waals surface area (Å²) in [5.41, 5.74) is 0. The van der Waals surface area contributed by atoms with Crippen molar-refractivity contribution in [2.45, 2.75) is 20.0 Å². The van der Waals surface area contributed by atoms with Crippen molar-refractivity contribution < 1.29 is 9.53 Å². The van der Waals surface area contributed by atoms with E-state index < -0.39 is 5.97 Å². The molecule has 0 saturated heterocycles. The van der Waals surface area contributed by atoms with E-state index >= 15 is 0 Å². The number of carbonyl (C=O) groups excluding carboxylic acids is 1. The molecule has 1 radical (unpaired) electrons. The van der Waals surface area contributed by atoms with Gasteiger partial charge in [0.15, 0.2) is 0 Å². The van der Waals surface area contributed by atoms with E-state index in [1.54, 1.807) is 13.8 Å². The van der Waals surface area contributed by atoms with E-state index in [4.69, 9.17) is 6.58 Å². The largest absolute Gasteiger partial charge is 0.460 e. The minimum Gasteiger partial charge on any atom is -0.460 e. The van der Waals surface area contributed by atoms with Gasteiger partial charge < -0.3 is 4.74 Å². The first-order valence-electron chi connectivity index (χ1n) is 2.42. The van der Waals surface area contributed by atoms with Crippen LogP contribution in [0, 0.1) is 6.58 Å². The van der Waals surface area contributed by atoms with Crippen LogP contribution in [0.3, 0.4) is 0 Å². The fourth-order valence-electron chi connectivity index (χ4n) is 0.272. The van der Waals surface area contributed by atoms with Gasteiger partial charge in [-0.05, 0) is 13.8 Å². The Balaban J connectivity index is 3.39. The topological polar surface area (TPSA) is 26.3 Å². The highest BCUT2D eigenvalue weighted by atomic mass is 16.5. The van der Waals surface area contributed by atoms with Crippen molar-refractivity contribution in [3.63, 3.8) is 0 Å². The molecule has 0 unspecified atom stereocenters. The van der Waals surface area contributed by atoms with Crippen molar-refractivity contribution in [2.75, 3.05) is 0 Å². The maximum atomic E-state index is 10.2. The Morgan fingerprint density at radius 3 is 2.38 bits per heavy atom. The predicted molar refractivity (Wildman–Crippen MR) is 30.1 cm³/mol. The summed E-state index contributed by atoms with van der Waals surface area (Å²) < 4.78 is 4.58. The van der Waals surface area contributed by atoms with E-state index in [1.165, 1.54) is 0 Å². The third kappa shape index (κ3) is 3.40. The van der Waals surface area contributed by atoms with E-state index in [0.29, 0.717) is 0 Å². The lowest BCUT2D eigenvalue weighted by Crippen LogP contribution is -2.07. The van der Waals surface area contributed by atoms with Crippen LogP contribution in [-0.2, 0) is 9.53 Å². The van der Waals surface area contributed by atoms with Crippen LogP contribution in [0.15, 0.2) is 6.08 Å². The van der Waals surface area contributed by atoms with Crippen molar-refractivity contribution in [1.82, 2.24) is 0 Å². The molecule has 0 aromatic rings. The Morgan fingerprint density at radius 2 is 2.25 bits per heavy atom. The molecule has 45 valence electrons. The van der Waals surface area contributed by atoms with Gasteiger partial charge in [-0.15, -0.1) is 0 Å². The van der Waals surface area contributed by atoms with Gasteiger partial charge in [-0.1, -0.05) is 6.58 Å². The summed E-state index contributed by atoms with van der Waals surface area (Å²) in [6.45, 7) is 8.35. The summed E-state index contributed by atoms with van der Waals surface area (Å²) in [6, 6.07) is 0. The minimum absolute atomic E-state index is 0.0812. The van der Waals surface area contributed by atoms with E-state index in [1.807, 2.05) is 0 Å². The van der Waals surface area contributed by atoms with E-state index in [9.17, 15) is 4.79 Å². The lowest BCUT2D eigenvalue weighted by atomic mass is 10.5. The molecule has 0 amide bonds.